The molecule has 0 aromatic heterocycles. The molecule has 0 spiro atoms. The van der Waals surface area contributed by atoms with Gasteiger partial charge in [0.25, 0.3) is 0 Å². The summed E-state index contributed by atoms with van der Waals surface area (Å²) in [6.45, 7) is 2.69. The van der Waals surface area contributed by atoms with Crippen molar-refractivity contribution in [1.29, 1.82) is 0 Å². The number of carboxylic acid groups (broad SMARTS) is 1. The molecule has 114 valence electrons. The van der Waals surface area contributed by atoms with Crippen LogP contribution in [0.2, 0.25) is 0 Å². The van der Waals surface area contributed by atoms with Crippen LogP contribution in [0.5, 0.6) is 0 Å². The topological polar surface area (TPSA) is 49.8 Å². The second-order valence-corrected chi connectivity index (χ2v) is 6.20. The highest BCUT2D eigenvalue weighted by Crippen LogP contribution is 2.26. The van der Waals surface area contributed by atoms with Crippen molar-refractivity contribution in [3.05, 3.63) is 34.3 Å². The fourth-order valence-corrected chi connectivity index (χ4v) is 2.99. The molecule has 0 radical (unpaired) electrons. The molecule has 1 aliphatic rings. The van der Waals surface area contributed by atoms with E-state index in [1.165, 1.54) is 6.42 Å². The van der Waals surface area contributed by atoms with Crippen LogP contribution in [0.25, 0.3) is 6.08 Å². The summed E-state index contributed by atoms with van der Waals surface area (Å²) in [4.78, 5) is 12.8. The monoisotopic (exact) mass is 353 g/mol. The number of anilines is 1. The van der Waals surface area contributed by atoms with Gasteiger partial charge < -0.3 is 14.7 Å². The Morgan fingerprint density at radius 1 is 1.57 bits per heavy atom. The van der Waals surface area contributed by atoms with Crippen LogP contribution in [0.15, 0.2) is 28.7 Å². The van der Waals surface area contributed by atoms with Crippen LogP contribution in [-0.4, -0.2) is 37.9 Å². The van der Waals surface area contributed by atoms with Crippen molar-refractivity contribution in [2.45, 2.75) is 12.8 Å². The summed E-state index contributed by atoms with van der Waals surface area (Å²) in [5.41, 5.74) is 1.97. The van der Waals surface area contributed by atoms with Crippen LogP contribution >= 0.6 is 15.9 Å². The first-order chi connectivity index (χ1) is 10.1. The zero-order valence-corrected chi connectivity index (χ0v) is 13.7. The van der Waals surface area contributed by atoms with Gasteiger partial charge in [-0.3, -0.25) is 0 Å². The Bertz CT molecular complexity index is 524. The number of carboxylic acids is 1. The van der Waals surface area contributed by atoms with Crippen LogP contribution in [0.1, 0.15) is 18.4 Å². The summed E-state index contributed by atoms with van der Waals surface area (Å²) in [5, 5.41) is 8.67. The maximum atomic E-state index is 10.6. The summed E-state index contributed by atoms with van der Waals surface area (Å²) in [6, 6.07) is 5.95. The van der Waals surface area contributed by atoms with Gasteiger partial charge in [-0.25, -0.2) is 4.79 Å². The summed E-state index contributed by atoms with van der Waals surface area (Å²) >= 11 is 3.50. The number of nitrogens with zero attached hydrogens (tertiary/aromatic N) is 1. The van der Waals surface area contributed by atoms with Crippen LogP contribution < -0.4 is 4.90 Å². The van der Waals surface area contributed by atoms with Crippen LogP contribution in [0.3, 0.4) is 0 Å². The lowest BCUT2D eigenvalue weighted by molar-refractivity contribution is -0.131. The van der Waals surface area contributed by atoms with E-state index in [2.05, 4.69) is 27.9 Å². The molecule has 1 aromatic rings. The van der Waals surface area contributed by atoms with E-state index in [-0.39, 0.29) is 0 Å². The largest absolute Gasteiger partial charge is 0.478 e. The minimum absolute atomic E-state index is 0.578. The third-order valence-corrected chi connectivity index (χ3v) is 4.30. The molecule has 21 heavy (non-hydrogen) atoms. The van der Waals surface area contributed by atoms with Gasteiger partial charge in [-0.05, 0) is 42.5 Å². The quantitative estimate of drug-likeness (QED) is 0.824. The molecule has 5 heteroatoms. The molecule has 0 aliphatic carbocycles. The van der Waals surface area contributed by atoms with Crippen molar-refractivity contribution in [3.63, 3.8) is 0 Å². The van der Waals surface area contributed by atoms with Gasteiger partial charge in [0.2, 0.25) is 0 Å². The van der Waals surface area contributed by atoms with Crippen LogP contribution in [0, 0.1) is 5.92 Å². The molecular weight excluding hydrogens is 334 g/mol. The zero-order valence-electron chi connectivity index (χ0n) is 12.1. The third-order valence-electron chi connectivity index (χ3n) is 3.62. The van der Waals surface area contributed by atoms with Gasteiger partial charge in [0, 0.05) is 36.4 Å². The second-order valence-electron chi connectivity index (χ2n) is 5.34. The molecule has 0 amide bonds. The summed E-state index contributed by atoms with van der Waals surface area (Å²) in [7, 11) is 2.07. The molecule has 4 nitrogen and oxygen atoms in total. The molecule has 1 unspecified atom stereocenters. The summed E-state index contributed by atoms with van der Waals surface area (Å²) < 4.78 is 6.41. The van der Waals surface area contributed by atoms with Gasteiger partial charge in [-0.1, -0.05) is 22.0 Å². The first-order valence-corrected chi connectivity index (χ1v) is 7.85. The highest BCUT2D eigenvalue weighted by Gasteiger charge is 2.16. The Kier molecular flexibility index (Phi) is 5.82. The predicted octanol–water partition coefficient (Wildman–Crippen LogP) is 3.41. The van der Waals surface area contributed by atoms with Gasteiger partial charge in [-0.2, -0.15) is 0 Å². The average molecular weight is 354 g/mol. The van der Waals surface area contributed by atoms with Gasteiger partial charge in [0.15, 0.2) is 0 Å². The number of benzene rings is 1. The van der Waals surface area contributed by atoms with E-state index in [4.69, 9.17) is 9.84 Å². The van der Waals surface area contributed by atoms with E-state index in [9.17, 15) is 4.79 Å². The zero-order chi connectivity index (χ0) is 15.2. The van der Waals surface area contributed by atoms with Crippen LogP contribution in [0.4, 0.5) is 5.69 Å². The Morgan fingerprint density at radius 2 is 2.38 bits per heavy atom. The van der Waals surface area contributed by atoms with E-state index in [1.807, 2.05) is 18.2 Å². The number of hydrogen-bond acceptors (Lipinski definition) is 3. The molecule has 1 saturated heterocycles. The predicted molar refractivity (Wildman–Crippen MR) is 87.6 cm³/mol. The molecule has 1 atom stereocenters. The second kappa shape index (κ2) is 7.61. The molecule has 0 saturated carbocycles. The summed E-state index contributed by atoms with van der Waals surface area (Å²) in [6.07, 6.45) is 5.08. The number of ether oxygens (including phenoxy) is 1. The molecular formula is C16H20BrNO3. The van der Waals surface area contributed by atoms with Crippen molar-refractivity contribution in [2.75, 3.05) is 31.7 Å². The molecule has 1 heterocycles. The van der Waals surface area contributed by atoms with Gasteiger partial charge in [0.1, 0.15) is 0 Å². The lowest BCUT2D eigenvalue weighted by Gasteiger charge is -2.28. The van der Waals surface area contributed by atoms with E-state index in [1.54, 1.807) is 6.08 Å². The molecule has 1 aromatic carbocycles. The fourth-order valence-electron chi connectivity index (χ4n) is 2.49. The van der Waals surface area contributed by atoms with Gasteiger partial charge in [0.05, 0.1) is 6.61 Å². The Labute approximate surface area is 133 Å². The number of hydrogen-bond donors (Lipinski definition) is 1. The van der Waals surface area contributed by atoms with E-state index >= 15 is 0 Å². The Morgan fingerprint density at radius 3 is 3.00 bits per heavy atom. The molecule has 0 bridgehead atoms. The van der Waals surface area contributed by atoms with Crippen molar-refractivity contribution in [3.8, 4) is 0 Å². The maximum Gasteiger partial charge on any atom is 0.328 e. The van der Waals surface area contributed by atoms with Crippen molar-refractivity contribution < 1.29 is 14.6 Å². The number of aliphatic carboxylic acids is 1. The standard InChI is InChI=1S/C16H20BrNO3/c1-18(10-12-3-2-8-21-11-12)14-6-4-13(15(17)9-14)5-7-16(19)20/h4-7,9,12H,2-3,8,10-11H2,1H3,(H,19,20)/b7-5+. The average Bonchev–Trinajstić information content (AvgIpc) is 2.46. The Hall–Kier alpha value is -1.33. The smallest absolute Gasteiger partial charge is 0.328 e. The number of halogens is 1. The van der Waals surface area contributed by atoms with E-state index < -0.39 is 5.97 Å². The molecule has 1 aliphatic heterocycles. The normalized spacial score (nSPS) is 18.9. The lowest BCUT2D eigenvalue weighted by Crippen LogP contribution is -2.30. The van der Waals surface area contributed by atoms with Crippen molar-refractivity contribution in [2.24, 2.45) is 5.92 Å². The van der Waals surface area contributed by atoms with Gasteiger partial charge >= 0.3 is 5.97 Å². The molecule has 2 rings (SSSR count). The highest BCUT2D eigenvalue weighted by atomic mass is 79.9. The number of rotatable bonds is 5. The van der Waals surface area contributed by atoms with Gasteiger partial charge in [-0.15, -0.1) is 0 Å². The first-order valence-electron chi connectivity index (χ1n) is 7.05. The van der Waals surface area contributed by atoms with Crippen molar-refractivity contribution in [1.82, 2.24) is 0 Å². The molecule has 1 N–H and O–H groups in total. The van der Waals surface area contributed by atoms with Crippen molar-refractivity contribution >= 4 is 33.7 Å². The summed E-state index contributed by atoms with van der Waals surface area (Å²) in [5.74, 6) is -0.366. The lowest BCUT2D eigenvalue weighted by atomic mass is 10.0. The maximum absolute atomic E-state index is 10.6. The Balaban J connectivity index is 2.02. The SMILES string of the molecule is CN(CC1CCCOC1)c1ccc(/C=C/C(=O)O)c(Br)c1. The minimum atomic E-state index is -0.944. The van der Waals surface area contributed by atoms with E-state index in [0.717, 1.165) is 48.0 Å². The highest BCUT2D eigenvalue weighted by molar-refractivity contribution is 9.10. The fraction of sp³-hybridized carbons (Fsp3) is 0.438. The number of carbonyl (C=O) groups is 1. The van der Waals surface area contributed by atoms with E-state index in [0.29, 0.717) is 5.92 Å². The molecule has 1 fully saturated rings. The third kappa shape index (κ3) is 4.86. The van der Waals surface area contributed by atoms with Crippen LogP contribution in [-0.2, 0) is 9.53 Å². The first kappa shape index (κ1) is 16.0. The minimum Gasteiger partial charge on any atom is -0.478 e.